The quantitative estimate of drug-likeness (QED) is 0.696. The fraction of sp³-hybridized carbons (Fsp3) is 0.538. The Kier molecular flexibility index (Phi) is 4.55. The molecule has 0 saturated heterocycles. The molecule has 0 aliphatic heterocycles. The van der Waals surface area contributed by atoms with Crippen molar-refractivity contribution in [1.29, 1.82) is 0 Å². The zero-order valence-electron chi connectivity index (χ0n) is 10.3. The molecule has 0 N–H and O–H groups in total. The zero-order valence-corrected chi connectivity index (χ0v) is 11.7. The fourth-order valence-electron chi connectivity index (χ4n) is 1.17. The molecule has 2 heteroatoms. The predicted octanol–water partition coefficient (Wildman–Crippen LogP) is 3.14. The van der Waals surface area contributed by atoms with E-state index in [2.05, 4.69) is 52.0 Å². The molecule has 1 aromatic rings. The summed E-state index contributed by atoms with van der Waals surface area (Å²) in [5.41, 5.74) is 1.28. The molecular weight excluding hydrogens is 200 g/mol. The molecule has 0 fully saturated rings. The van der Waals surface area contributed by atoms with E-state index < -0.39 is 9.76 Å². The Morgan fingerprint density at radius 1 is 1.20 bits per heavy atom. The standard InChI is InChI=1S/C13H22OSi/c1-11(2)13(3,4)15-14-10-12-8-6-5-7-9-12/h5-9,11H,10,15H2,1-4H3. The molecule has 1 nitrogen and oxygen atoms in total. The van der Waals surface area contributed by atoms with Gasteiger partial charge in [0.2, 0.25) is 0 Å². The average molecular weight is 222 g/mol. The van der Waals surface area contributed by atoms with Crippen molar-refractivity contribution in [3.05, 3.63) is 35.9 Å². The number of rotatable bonds is 5. The third-order valence-electron chi connectivity index (χ3n) is 3.15. The first-order chi connectivity index (χ1) is 7.02. The van der Waals surface area contributed by atoms with Crippen LogP contribution in [0.5, 0.6) is 0 Å². The van der Waals surface area contributed by atoms with E-state index in [0.717, 1.165) is 6.61 Å². The molecule has 1 rings (SSSR count). The SMILES string of the molecule is CC(C)C(C)(C)[SiH2]OCc1ccccc1. The van der Waals surface area contributed by atoms with Gasteiger partial charge in [0.25, 0.3) is 0 Å². The van der Waals surface area contributed by atoms with Crippen molar-refractivity contribution >= 4 is 9.76 Å². The van der Waals surface area contributed by atoms with Crippen molar-refractivity contribution in [3.63, 3.8) is 0 Å². The van der Waals surface area contributed by atoms with Gasteiger partial charge in [0.05, 0.1) is 6.61 Å². The Morgan fingerprint density at radius 2 is 1.80 bits per heavy atom. The van der Waals surface area contributed by atoms with Gasteiger partial charge in [-0.05, 0) is 16.5 Å². The highest BCUT2D eigenvalue weighted by Gasteiger charge is 2.23. The van der Waals surface area contributed by atoms with Crippen LogP contribution in [0.4, 0.5) is 0 Å². The van der Waals surface area contributed by atoms with Gasteiger partial charge in [-0.15, -0.1) is 0 Å². The topological polar surface area (TPSA) is 9.23 Å². The van der Waals surface area contributed by atoms with Crippen molar-refractivity contribution in [2.75, 3.05) is 0 Å². The highest BCUT2D eigenvalue weighted by atomic mass is 28.2. The molecule has 0 heterocycles. The van der Waals surface area contributed by atoms with E-state index in [9.17, 15) is 0 Å². The summed E-state index contributed by atoms with van der Waals surface area (Å²) in [6, 6.07) is 10.4. The van der Waals surface area contributed by atoms with Crippen molar-refractivity contribution in [2.24, 2.45) is 5.92 Å². The number of hydrogen-bond donors (Lipinski definition) is 0. The average Bonchev–Trinajstić information content (AvgIpc) is 2.19. The van der Waals surface area contributed by atoms with E-state index in [4.69, 9.17) is 4.43 Å². The highest BCUT2D eigenvalue weighted by molar-refractivity contribution is 6.32. The summed E-state index contributed by atoms with van der Waals surface area (Å²) in [7, 11) is -0.452. The lowest BCUT2D eigenvalue weighted by atomic mass is 9.99. The van der Waals surface area contributed by atoms with Gasteiger partial charge < -0.3 is 4.43 Å². The summed E-state index contributed by atoms with van der Waals surface area (Å²) in [5, 5.41) is 0.398. The molecule has 0 aliphatic rings. The minimum atomic E-state index is -0.452. The Balaban J connectivity index is 2.34. The molecule has 0 spiro atoms. The van der Waals surface area contributed by atoms with Gasteiger partial charge in [-0.1, -0.05) is 58.0 Å². The second-order valence-corrected chi connectivity index (χ2v) is 7.64. The van der Waals surface area contributed by atoms with E-state index in [1.54, 1.807) is 0 Å². The van der Waals surface area contributed by atoms with Gasteiger partial charge in [0, 0.05) is 0 Å². The smallest absolute Gasteiger partial charge is 0.167 e. The minimum absolute atomic E-state index is 0.398. The maximum atomic E-state index is 5.88. The molecule has 15 heavy (non-hydrogen) atoms. The van der Waals surface area contributed by atoms with E-state index in [1.807, 2.05) is 6.07 Å². The van der Waals surface area contributed by atoms with Crippen molar-refractivity contribution in [2.45, 2.75) is 39.3 Å². The maximum Gasteiger partial charge on any atom is 0.167 e. The van der Waals surface area contributed by atoms with Gasteiger partial charge >= 0.3 is 0 Å². The molecule has 0 aliphatic carbocycles. The second kappa shape index (κ2) is 5.47. The molecule has 0 atom stereocenters. The molecule has 0 aromatic heterocycles. The fourth-order valence-corrected chi connectivity index (χ4v) is 2.37. The second-order valence-electron chi connectivity index (χ2n) is 5.12. The third kappa shape index (κ3) is 4.18. The first kappa shape index (κ1) is 12.5. The first-order valence-electron chi connectivity index (χ1n) is 5.64. The summed E-state index contributed by atoms with van der Waals surface area (Å²) in [6.07, 6.45) is 0. The molecule has 0 bridgehead atoms. The molecule has 0 radical (unpaired) electrons. The van der Waals surface area contributed by atoms with Crippen LogP contribution in [-0.4, -0.2) is 9.76 Å². The highest BCUT2D eigenvalue weighted by Crippen LogP contribution is 2.32. The molecule has 1 aromatic carbocycles. The predicted molar refractivity (Wildman–Crippen MR) is 68.7 cm³/mol. The van der Waals surface area contributed by atoms with Crippen LogP contribution in [0.15, 0.2) is 30.3 Å². The van der Waals surface area contributed by atoms with Crippen LogP contribution in [0.25, 0.3) is 0 Å². The summed E-state index contributed by atoms with van der Waals surface area (Å²) in [5.74, 6) is 0.708. The minimum Gasteiger partial charge on any atom is -0.419 e. The summed E-state index contributed by atoms with van der Waals surface area (Å²) < 4.78 is 5.88. The Bertz CT molecular complexity index is 280. The van der Waals surface area contributed by atoms with Crippen LogP contribution < -0.4 is 0 Å². The van der Waals surface area contributed by atoms with Crippen LogP contribution in [-0.2, 0) is 11.0 Å². The molecule has 0 saturated carbocycles. The molecule has 0 amide bonds. The Labute approximate surface area is 95.8 Å². The van der Waals surface area contributed by atoms with Gasteiger partial charge in [-0.2, -0.15) is 0 Å². The Hall–Kier alpha value is -0.603. The van der Waals surface area contributed by atoms with Gasteiger partial charge in [0.15, 0.2) is 9.76 Å². The van der Waals surface area contributed by atoms with E-state index in [0.29, 0.717) is 11.0 Å². The molecule has 0 unspecified atom stereocenters. The zero-order chi connectivity index (χ0) is 11.3. The van der Waals surface area contributed by atoms with Crippen LogP contribution in [0, 0.1) is 5.92 Å². The van der Waals surface area contributed by atoms with Gasteiger partial charge in [-0.25, -0.2) is 0 Å². The van der Waals surface area contributed by atoms with Crippen molar-refractivity contribution in [1.82, 2.24) is 0 Å². The maximum absolute atomic E-state index is 5.88. The Morgan fingerprint density at radius 3 is 2.33 bits per heavy atom. The van der Waals surface area contributed by atoms with Gasteiger partial charge in [0.1, 0.15) is 0 Å². The number of hydrogen-bond acceptors (Lipinski definition) is 1. The summed E-state index contributed by atoms with van der Waals surface area (Å²) >= 11 is 0. The lowest BCUT2D eigenvalue weighted by Crippen LogP contribution is -2.21. The lowest BCUT2D eigenvalue weighted by molar-refractivity contribution is 0.291. The van der Waals surface area contributed by atoms with Crippen molar-refractivity contribution < 1.29 is 4.43 Å². The van der Waals surface area contributed by atoms with E-state index in [-0.39, 0.29) is 0 Å². The number of benzene rings is 1. The summed E-state index contributed by atoms with van der Waals surface area (Å²) in [6.45, 7) is 9.96. The largest absolute Gasteiger partial charge is 0.419 e. The summed E-state index contributed by atoms with van der Waals surface area (Å²) in [4.78, 5) is 0. The normalized spacial score (nSPS) is 12.9. The van der Waals surface area contributed by atoms with Crippen LogP contribution in [0.3, 0.4) is 0 Å². The van der Waals surface area contributed by atoms with E-state index in [1.165, 1.54) is 5.56 Å². The first-order valence-corrected chi connectivity index (χ1v) is 6.92. The molecular formula is C13H22OSi. The molecule has 84 valence electrons. The van der Waals surface area contributed by atoms with E-state index >= 15 is 0 Å². The van der Waals surface area contributed by atoms with Crippen LogP contribution in [0.1, 0.15) is 33.3 Å². The monoisotopic (exact) mass is 222 g/mol. The van der Waals surface area contributed by atoms with Crippen LogP contribution in [0.2, 0.25) is 5.04 Å². The lowest BCUT2D eigenvalue weighted by Gasteiger charge is -2.28. The van der Waals surface area contributed by atoms with Crippen LogP contribution >= 0.6 is 0 Å². The van der Waals surface area contributed by atoms with Gasteiger partial charge in [-0.3, -0.25) is 0 Å². The third-order valence-corrected chi connectivity index (χ3v) is 5.12. The van der Waals surface area contributed by atoms with Crippen molar-refractivity contribution in [3.8, 4) is 0 Å².